The average Bonchev–Trinajstić information content (AvgIpc) is 2.18. The number of hydrogen-bond acceptors (Lipinski definition) is 3. The third kappa shape index (κ3) is 2.48. The van der Waals surface area contributed by atoms with Gasteiger partial charge >= 0.3 is 0 Å². The maximum absolute atomic E-state index is 9.27. The SMILES string of the molecule is C#CCN(C)c1ccc([C@H](C)O)cn1. The van der Waals surface area contributed by atoms with Crippen LogP contribution < -0.4 is 4.90 Å². The van der Waals surface area contributed by atoms with E-state index in [0.29, 0.717) is 6.54 Å². The molecule has 1 heterocycles. The van der Waals surface area contributed by atoms with Gasteiger partial charge in [-0.3, -0.25) is 0 Å². The number of terminal acetylenes is 1. The van der Waals surface area contributed by atoms with Crippen LogP contribution in [0.25, 0.3) is 0 Å². The Labute approximate surface area is 84.4 Å². The molecule has 0 amide bonds. The van der Waals surface area contributed by atoms with Crippen molar-refractivity contribution in [1.29, 1.82) is 0 Å². The molecule has 0 saturated heterocycles. The first-order valence-corrected chi connectivity index (χ1v) is 4.43. The lowest BCUT2D eigenvalue weighted by atomic mass is 10.2. The molecule has 0 saturated carbocycles. The van der Waals surface area contributed by atoms with Crippen LogP contribution in [0.5, 0.6) is 0 Å². The second kappa shape index (κ2) is 4.64. The maximum Gasteiger partial charge on any atom is 0.129 e. The summed E-state index contributed by atoms with van der Waals surface area (Å²) in [5, 5.41) is 9.27. The Balaban J connectivity index is 2.78. The van der Waals surface area contributed by atoms with Gasteiger partial charge in [0.25, 0.3) is 0 Å². The van der Waals surface area contributed by atoms with E-state index in [1.54, 1.807) is 13.1 Å². The van der Waals surface area contributed by atoms with Crippen LogP contribution in [0.3, 0.4) is 0 Å². The standard InChI is InChI=1S/C11H14N2O/c1-4-7-13(3)11-6-5-10(8-12-11)9(2)14/h1,5-6,8-9,14H,7H2,2-3H3/t9-/m0/s1. The van der Waals surface area contributed by atoms with Crippen molar-refractivity contribution < 1.29 is 5.11 Å². The van der Waals surface area contributed by atoms with E-state index in [9.17, 15) is 5.11 Å². The fraction of sp³-hybridized carbons (Fsp3) is 0.364. The lowest BCUT2D eigenvalue weighted by Gasteiger charge is -2.15. The number of hydrogen-bond donors (Lipinski definition) is 1. The van der Waals surface area contributed by atoms with E-state index in [2.05, 4.69) is 10.9 Å². The molecule has 0 aromatic carbocycles. The van der Waals surface area contributed by atoms with Crippen LogP contribution in [-0.2, 0) is 0 Å². The zero-order chi connectivity index (χ0) is 10.6. The van der Waals surface area contributed by atoms with Gasteiger partial charge in [0, 0.05) is 13.2 Å². The minimum Gasteiger partial charge on any atom is -0.389 e. The first kappa shape index (κ1) is 10.6. The normalized spacial score (nSPS) is 11.9. The zero-order valence-corrected chi connectivity index (χ0v) is 8.44. The van der Waals surface area contributed by atoms with Crippen molar-refractivity contribution in [2.45, 2.75) is 13.0 Å². The topological polar surface area (TPSA) is 36.4 Å². The number of anilines is 1. The summed E-state index contributed by atoms with van der Waals surface area (Å²) in [5.41, 5.74) is 0.808. The van der Waals surface area contributed by atoms with Crippen LogP contribution in [0.15, 0.2) is 18.3 Å². The minimum absolute atomic E-state index is 0.477. The number of aliphatic hydroxyl groups excluding tert-OH is 1. The molecule has 0 aliphatic carbocycles. The second-order valence-corrected chi connectivity index (χ2v) is 3.19. The van der Waals surface area contributed by atoms with E-state index < -0.39 is 6.10 Å². The first-order chi connectivity index (χ1) is 6.65. The zero-order valence-electron chi connectivity index (χ0n) is 8.44. The van der Waals surface area contributed by atoms with E-state index in [4.69, 9.17) is 6.42 Å². The number of nitrogens with zero attached hydrogens (tertiary/aromatic N) is 2. The van der Waals surface area contributed by atoms with Gasteiger partial charge in [0.1, 0.15) is 5.82 Å². The van der Waals surface area contributed by atoms with Gasteiger partial charge in [-0.2, -0.15) is 0 Å². The van der Waals surface area contributed by atoms with E-state index >= 15 is 0 Å². The fourth-order valence-corrected chi connectivity index (χ4v) is 1.09. The van der Waals surface area contributed by atoms with Crippen molar-refractivity contribution in [2.75, 3.05) is 18.5 Å². The fourth-order valence-electron chi connectivity index (χ4n) is 1.09. The molecule has 0 spiro atoms. The van der Waals surface area contributed by atoms with Crippen molar-refractivity contribution in [3.05, 3.63) is 23.9 Å². The van der Waals surface area contributed by atoms with E-state index in [1.807, 2.05) is 24.1 Å². The molecule has 0 radical (unpaired) electrons. The van der Waals surface area contributed by atoms with Gasteiger partial charge in [0.05, 0.1) is 12.6 Å². The molecular weight excluding hydrogens is 176 g/mol. The summed E-state index contributed by atoms with van der Waals surface area (Å²) in [4.78, 5) is 6.06. The molecule has 1 aromatic rings. The quantitative estimate of drug-likeness (QED) is 0.728. The van der Waals surface area contributed by atoms with E-state index in [-0.39, 0.29) is 0 Å². The van der Waals surface area contributed by atoms with E-state index in [0.717, 1.165) is 11.4 Å². The predicted molar refractivity (Wildman–Crippen MR) is 57.0 cm³/mol. The Morgan fingerprint density at radius 2 is 2.36 bits per heavy atom. The highest BCUT2D eigenvalue weighted by Gasteiger charge is 2.03. The van der Waals surface area contributed by atoms with Crippen molar-refractivity contribution >= 4 is 5.82 Å². The summed E-state index contributed by atoms with van der Waals surface area (Å²) in [7, 11) is 1.88. The third-order valence-corrected chi connectivity index (χ3v) is 1.97. The molecule has 3 nitrogen and oxygen atoms in total. The Hall–Kier alpha value is -1.53. The number of aromatic nitrogens is 1. The molecule has 0 unspecified atom stereocenters. The Morgan fingerprint density at radius 3 is 2.79 bits per heavy atom. The summed E-state index contributed by atoms with van der Waals surface area (Å²) < 4.78 is 0. The highest BCUT2D eigenvalue weighted by molar-refractivity contribution is 5.39. The molecule has 0 bridgehead atoms. The van der Waals surface area contributed by atoms with Crippen molar-refractivity contribution in [2.24, 2.45) is 0 Å². The lowest BCUT2D eigenvalue weighted by Crippen LogP contribution is -2.18. The van der Waals surface area contributed by atoms with Gasteiger partial charge in [0.2, 0.25) is 0 Å². The summed E-state index contributed by atoms with van der Waals surface area (Å²) in [5.74, 6) is 3.35. The molecule has 1 aromatic heterocycles. The highest BCUT2D eigenvalue weighted by Crippen LogP contribution is 2.14. The highest BCUT2D eigenvalue weighted by atomic mass is 16.3. The monoisotopic (exact) mass is 190 g/mol. The Bertz CT molecular complexity index is 324. The molecule has 0 aliphatic heterocycles. The van der Waals surface area contributed by atoms with Crippen LogP contribution in [0.1, 0.15) is 18.6 Å². The Morgan fingerprint density at radius 1 is 1.64 bits per heavy atom. The summed E-state index contributed by atoms with van der Waals surface area (Å²) in [6.45, 7) is 2.24. The molecule has 1 rings (SSSR count). The summed E-state index contributed by atoms with van der Waals surface area (Å²) in [6.07, 6.45) is 6.37. The van der Waals surface area contributed by atoms with Gasteiger partial charge in [-0.25, -0.2) is 4.98 Å². The average molecular weight is 190 g/mol. The molecule has 1 atom stereocenters. The summed E-state index contributed by atoms with van der Waals surface area (Å²) >= 11 is 0. The molecule has 14 heavy (non-hydrogen) atoms. The van der Waals surface area contributed by atoms with Crippen LogP contribution in [0, 0.1) is 12.3 Å². The van der Waals surface area contributed by atoms with E-state index in [1.165, 1.54) is 0 Å². The molecular formula is C11H14N2O. The van der Waals surface area contributed by atoms with Gasteiger partial charge in [-0.1, -0.05) is 12.0 Å². The molecule has 3 heteroatoms. The number of rotatable bonds is 3. The van der Waals surface area contributed by atoms with Crippen LogP contribution in [0.2, 0.25) is 0 Å². The third-order valence-electron chi connectivity index (χ3n) is 1.97. The summed E-state index contributed by atoms with van der Waals surface area (Å²) in [6, 6.07) is 3.69. The molecule has 1 N–H and O–H groups in total. The Kier molecular flexibility index (Phi) is 3.49. The minimum atomic E-state index is -0.477. The van der Waals surface area contributed by atoms with Crippen LogP contribution >= 0.6 is 0 Å². The van der Waals surface area contributed by atoms with Crippen LogP contribution in [0.4, 0.5) is 5.82 Å². The van der Waals surface area contributed by atoms with Crippen molar-refractivity contribution in [3.63, 3.8) is 0 Å². The van der Waals surface area contributed by atoms with Crippen molar-refractivity contribution in [1.82, 2.24) is 4.98 Å². The molecule has 0 aliphatic rings. The number of pyridine rings is 1. The van der Waals surface area contributed by atoms with Gasteiger partial charge in [-0.15, -0.1) is 6.42 Å². The predicted octanol–water partition coefficient (Wildman–Crippen LogP) is 1.20. The number of aliphatic hydroxyl groups is 1. The van der Waals surface area contributed by atoms with Crippen molar-refractivity contribution in [3.8, 4) is 12.3 Å². The van der Waals surface area contributed by atoms with Gasteiger partial charge in [-0.05, 0) is 18.6 Å². The maximum atomic E-state index is 9.27. The smallest absolute Gasteiger partial charge is 0.129 e. The molecule has 0 fully saturated rings. The van der Waals surface area contributed by atoms with Gasteiger partial charge in [0.15, 0.2) is 0 Å². The van der Waals surface area contributed by atoms with Crippen LogP contribution in [-0.4, -0.2) is 23.7 Å². The first-order valence-electron chi connectivity index (χ1n) is 4.43. The largest absolute Gasteiger partial charge is 0.389 e. The lowest BCUT2D eigenvalue weighted by molar-refractivity contribution is 0.199. The van der Waals surface area contributed by atoms with Gasteiger partial charge < -0.3 is 10.0 Å². The second-order valence-electron chi connectivity index (χ2n) is 3.19. The molecule has 74 valence electrons.